The molecule has 0 unspecified atom stereocenters. The normalized spacial score (nSPS) is 19.8. The van der Waals surface area contributed by atoms with Crippen molar-refractivity contribution in [3.05, 3.63) is 118 Å². The Bertz CT molecular complexity index is 3560. The minimum absolute atomic E-state index is 0.000166. The van der Waals surface area contributed by atoms with Gasteiger partial charge in [0, 0.05) is 57.8 Å². The van der Waals surface area contributed by atoms with Gasteiger partial charge in [-0.2, -0.15) is 0 Å². The van der Waals surface area contributed by atoms with Crippen molar-refractivity contribution in [2.75, 3.05) is 16.4 Å². The second-order valence-electron chi connectivity index (χ2n) is 19.2. The van der Waals surface area contributed by atoms with Gasteiger partial charge < -0.3 is 14.5 Å². The molecule has 0 atom stereocenters. The van der Waals surface area contributed by atoms with E-state index in [1.807, 2.05) is 40.7 Å². The van der Waals surface area contributed by atoms with Crippen molar-refractivity contribution in [1.82, 2.24) is 0 Å². The highest BCUT2D eigenvalue weighted by Gasteiger charge is 2.46. The first-order chi connectivity index (χ1) is 33.0. The molecule has 5 heterocycles. The summed E-state index contributed by atoms with van der Waals surface area (Å²) in [6, 6.07) is 1.64. The summed E-state index contributed by atoms with van der Waals surface area (Å²) >= 11 is 2.44. The molecule has 57 heavy (non-hydrogen) atoms. The predicted molar refractivity (Wildman–Crippen MR) is 251 cm³/mol. The van der Waals surface area contributed by atoms with Crippen LogP contribution < -0.4 is 30.9 Å². The van der Waals surface area contributed by atoms with Crippen molar-refractivity contribution in [2.24, 2.45) is 0 Å². The molecular formula is C51H53BN2OS2. The number of benzene rings is 5. The average molecular weight is 800 g/mol. The highest BCUT2D eigenvalue weighted by atomic mass is 32.1. The van der Waals surface area contributed by atoms with Gasteiger partial charge in [0.15, 0.2) is 0 Å². The highest BCUT2D eigenvalue weighted by Crippen LogP contribution is 2.51. The van der Waals surface area contributed by atoms with E-state index in [-0.39, 0.29) is 116 Å². The zero-order chi connectivity index (χ0) is 53.1. The molecular weight excluding hydrogens is 732 g/mol. The Kier molecular flexibility index (Phi) is 5.01. The minimum Gasteiger partial charge on any atom is -0.492 e. The molecule has 5 aromatic carbocycles. The SMILES string of the molecule is [2H]c1c([2H])c(C(C)(C)C)c([2H])c([2H])c1N1c2cc(C([2H])([2H])[2H])cc3c2B(c2cc4sc(C(C)(C)C)c([2H])c4c([2H])c2N3c2c([2H])c([2H])c(C(C)(C)C)c([2H])c2[2H])c2c1sc1c([2H])c3c(c([2H])c21)C(C)(C)CO3. The molecule has 0 aliphatic carbocycles. The molecule has 0 spiro atoms. The number of hydrogen-bond acceptors (Lipinski definition) is 5. The number of aryl methyl sites for hydroxylation is 1. The second-order valence-corrected chi connectivity index (χ2v) is 21.3. The van der Waals surface area contributed by atoms with Crippen LogP contribution in [0.2, 0.25) is 0 Å². The van der Waals surface area contributed by atoms with E-state index in [4.69, 9.17) is 8.85 Å². The molecule has 3 aliphatic rings. The molecule has 0 saturated carbocycles. The summed E-state index contributed by atoms with van der Waals surface area (Å²) in [5, 5.41) is 0.905. The molecule has 0 amide bonds. The van der Waals surface area contributed by atoms with Crippen molar-refractivity contribution in [3.8, 4) is 5.75 Å². The topological polar surface area (TPSA) is 15.7 Å². The van der Waals surface area contributed by atoms with Gasteiger partial charge >= 0.3 is 0 Å². The van der Waals surface area contributed by atoms with E-state index in [0.29, 0.717) is 41.6 Å². The maximum absolute atomic E-state index is 10.3. The van der Waals surface area contributed by atoms with Crippen LogP contribution in [0.3, 0.4) is 0 Å². The molecule has 0 bridgehead atoms. The van der Waals surface area contributed by atoms with Crippen molar-refractivity contribution < 1.29 is 25.3 Å². The first-order valence-electron chi connectivity index (χ1n) is 26.9. The summed E-state index contributed by atoms with van der Waals surface area (Å²) in [6.45, 7) is 16.8. The lowest BCUT2D eigenvalue weighted by Gasteiger charge is -2.43. The highest BCUT2D eigenvalue weighted by molar-refractivity contribution is 7.26. The van der Waals surface area contributed by atoms with Crippen LogP contribution in [0.5, 0.6) is 5.75 Å². The van der Waals surface area contributed by atoms with Crippen LogP contribution in [-0.4, -0.2) is 13.3 Å². The van der Waals surface area contributed by atoms with Crippen molar-refractivity contribution in [2.45, 2.75) is 105 Å². The summed E-state index contributed by atoms with van der Waals surface area (Å²) < 4.78 is 151. The number of hydrogen-bond donors (Lipinski definition) is 0. The van der Waals surface area contributed by atoms with Gasteiger partial charge in [-0.25, -0.2) is 0 Å². The van der Waals surface area contributed by atoms with Crippen LogP contribution >= 0.6 is 22.7 Å². The quantitative estimate of drug-likeness (QED) is 0.162. The Balaban J connectivity index is 1.49. The number of nitrogens with zero attached hydrogens (tertiary/aromatic N) is 2. The molecule has 0 saturated heterocycles. The Morgan fingerprint density at radius 1 is 0.684 bits per heavy atom. The Morgan fingerprint density at radius 2 is 1.30 bits per heavy atom. The van der Waals surface area contributed by atoms with Crippen LogP contribution in [0.1, 0.15) is 124 Å². The monoisotopic (exact) mass is 799 g/mol. The predicted octanol–water partition coefficient (Wildman–Crippen LogP) is 13.1. The van der Waals surface area contributed by atoms with Crippen molar-refractivity contribution in [3.63, 3.8) is 0 Å². The fourth-order valence-corrected chi connectivity index (χ4v) is 10.3. The van der Waals surface area contributed by atoms with Crippen LogP contribution in [0, 0.1) is 6.85 Å². The molecule has 6 heteroatoms. The Morgan fingerprint density at radius 3 is 1.89 bits per heavy atom. The van der Waals surface area contributed by atoms with E-state index >= 15 is 0 Å². The maximum Gasteiger partial charge on any atom is 0.254 e. The minimum atomic E-state index is -2.86. The van der Waals surface area contributed by atoms with Gasteiger partial charge in [0.05, 0.1) is 28.1 Å². The molecule has 2 aromatic heterocycles. The van der Waals surface area contributed by atoms with E-state index in [1.165, 1.54) is 33.3 Å². The van der Waals surface area contributed by atoms with Gasteiger partial charge in [0.2, 0.25) is 0 Å². The molecule has 288 valence electrons. The van der Waals surface area contributed by atoms with Gasteiger partial charge in [-0.15, -0.1) is 22.7 Å². The number of thiophene rings is 2. The first kappa shape index (κ1) is 23.8. The zero-order valence-electron chi connectivity index (χ0n) is 49.1. The molecule has 7 aromatic rings. The van der Waals surface area contributed by atoms with E-state index in [1.54, 1.807) is 41.5 Å². The summed E-state index contributed by atoms with van der Waals surface area (Å²) in [5.41, 5.74) is -1.49. The molecule has 0 fully saturated rings. The molecule has 0 radical (unpaired) electrons. The smallest absolute Gasteiger partial charge is 0.254 e. The fraction of sp³-hybridized carbons (Fsp3) is 0.333. The van der Waals surface area contributed by atoms with E-state index in [2.05, 4.69) is 0 Å². The van der Waals surface area contributed by atoms with Gasteiger partial charge in [0.25, 0.3) is 6.71 Å². The van der Waals surface area contributed by atoms with Crippen LogP contribution in [0.25, 0.3) is 20.2 Å². The van der Waals surface area contributed by atoms with Gasteiger partial charge in [0.1, 0.15) is 5.75 Å². The standard InChI is InChI=1S/C51H53BN2OS2/c1-29-21-39-46-40(22-29)54(34-19-15-32(16-20-34)49(5,6)7)47-45(35-25-36-41(27-43(35)57-47)55-28-51(36,11)12)52(46)37-26-42-30(24-44(56-42)50(8,9)10)23-38(37)53(39)33-17-13-31(14-18-33)48(2,3)4/h13-27H,28H2,1-12H3/i1D3,13D,14D,15D,16D,17D,18D,19D,20D,23D,24D,25D,27D. The number of anilines is 6. The van der Waals surface area contributed by atoms with Gasteiger partial charge in [-0.1, -0.05) is 100 Å². The first-order valence-corrected chi connectivity index (χ1v) is 21.0. The third kappa shape index (κ3) is 5.64. The summed E-state index contributed by atoms with van der Waals surface area (Å²) in [4.78, 5) is 3.62. The number of rotatable bonds is 2. The molecule has 0 N–H and O–H groups in total. The van der Waals surface area contributed by atoms with Crippen LogP contribution in [-0.2, 0) is 21.7 Å². The summed E-state index contributed by atoms with van der Waals surface area (Å²) in [5.74, 6) is 0.244. The molecule has 3 aliphatic heterocycles. The molecule has 3 nitrogen and oxygen atoms in total. The summed E-state index contributed by atoms with van der Waals surface area (Å²) in [7, 11) is 0. The van der Waals surface area contributed by atoms with Crippen LogP contribution in [0.15, 0.2) is 90.7 Å². The second kappa shape index (κ2) is 12.0. The zero-order valence-corrected chi connectivity index (χ0v) is 35.8. The Hall–Kier alpha value is -4.52. The third-order valence-electron chi connectivity index (χ3n) is 11.2. The maximum atomic E-state index is 10.3. The van der Waals surface area contributed by atoms with Crippen molar-refractivity contribution in [1.29, 1.82) is 0 Å². The van der Waals surface area contributed by atoms with E-state index in [9.17, 15) is 16.4 Å². The van der Waals surface area contributed by atoms with Crippen molar-refractivity contribution >= 4 is 99.4 Å². The van der Waals surface area contributed by atoms with Gasteiger partial charge in [-0.05, 0) is 133 Å². The van der Waals surface area contributed by atoms with Crippen LogP contribution in [0.4, 0.5) is 33.4 Å². The van der Waals surface area contributed by atoms with E-state index in [0.717, 1.165) is 11.3 Å². The number of ether oxygens (including phenoxy) is 1. The van der Waals surface area contributed by atoms with Gasteiger partial charge in [-0.3, -0.25) is 0 Å². The lowest BCUT2D eigenvalue weighted by molar-refractivity contribution is 0.291. The summed E-state index contributed by atoms with van der Waals surface area (Å²) in [6.07, 6.45) is 0. The fourth-order valence-electron chi connectivity index (χ4n) is 8.05. The lowest BCUT2D eigenvalue weighted by Crippen LogP contribution is -2.61. The third-order valence-corrected chi connectivity index (χ3v) is 13.7. The largest absolute Gasteiger partial charge is 0.492 e. The average Bonchev–Trinajstić information content (AvgIpc) is 3.92. The van der Waals surface area contributed by atoms with E-state index < -0.39 is 59.4 Å². The molecule has 10 rings (SSSR count). The lowest BCUT2D eigenvalue weighted by atomic mass is 9.33. The number of fused-ring (bicyclic) bond motifs is 8. The Labute approximate surface area is 368 Å².